The summed E-state index contributed by atoms with van der Waals surface area (Å²) in [4.78, 5) is 6.82. The van der Waals surface area contributed by atoms with Crippen LogP contribution < -0.4 is 10.2 Å². The van der Waals surface area contributed by atoms with Gasteiger partial charge in [-0.2, -0.15) is 18.3 Å². The maximum Gasteiger partial charge on any atom is 0.416 e. The van der Waals surface area contributed by atoms with Gasteiger partial charge in [-0.1, -0.05) is 12.1 Å². The second kappa shape index (κ2) is 8.78. The van der Waals surface area contributed by atoms with E-state index in [-0.39, 0.29) is 17.8 Å². The number of pyridine rings is 1. The number of benzene rings is 1. The number of hydrogen-bond acceptors (Lipinski definition) is 6. The second-order valence-electron chi connectivity index (χ2n) is 8.77. The van der Waals surface area contributed by atoms with Gasteiger partial charge in [0, 0.05) is 30.1 Å². The van der Waals surface area contributed by atoms with E-state index in [0.717, 1.165) is 41.4 Å². The molecule has 176 valence electrons. The molecule has 3 heterocycles. The number of alkyl halides is 3. The highest BCUT2D eigenvalue weighted by molar-refractivity contribution is 5.94. The molecule has 0 spiro atoms. The lowest BCUT2D eigenvalue weighted by Crippen LogP contribution is -2.45. The van der Waals surface area contributed by atoms with Gasteiger partial charge in [0.2, 0.25) is 0 Å². The lowest BCUT2D eigenvalue weighted by atomic mass is 9.97. The van der Waals surface area contributed by atoms with Gasteiger partial charge in [0.1, 0.15) is 5.82 Å². The molecule has 0 radical (unpaired) electrons. The first kappa shape index (κ1) is 23.2. The Bertz CT molecular complexity index is 1160. The monoisotopic (exact) mass is 459 g/mol. The third-order valence-electron chi connectivity index (χ3n) is 6.08. The number of hydrogen-bond donors (Lipinski definition) is 1. The van der Waals surface area contributed by atoms with Crippen LogP contribution in [0.4, 0.5) is 24.8 Å². The van der Waals surface area contributed by atoms with Crippen molar-refractivity contribution in [2.45, 2.75) is 59.0 Å². The van der Waals surface area contributed by atoms with Crippen molar-refractivity contribution in [2.75, 3.05) is 23.3 Å². The summed E-state index contributed by atoms with van der Waals surface area (Å²) in [7, 11) is 0. The molecule has 1 saturated heterocycles. The Morgan fingerprint density at radius 3 is 2.45 bits per heavy atom. The molecule has 1 aromatic carbocycles. The minimum Gasteiger partial charge on any atom is -0.372 e. The molecule has 2 aromatic heterocycles. The third kappa shape index (κ3) is 4.73. The first-order chi connectivity index (χ1) is 15.5. The van der Waals surface area contributed by atoms with E-state index in [1.54, 1.807) is 12.3 Å². The highest BCUT2D eigenvalue weighted by Gasteiger charge is 2.33. The van der Waals surface area contributed by atoms with E-state index in [9.17, 15) is 13.2 Å². The molecule has 1 aliphatic heterocycles. The number of nitrogens with zero attached hydrogens (tertiary/aromatic N) is 4. The van der Waals surface area contributed by atoms with Gasteiger partial charge in [-0.15, -0.1) is 5.10 Å². The minimum atomic E-state index is -4.40. The summed E-state index contributed by atoms with van der Waals surface area (Å²) in [5.74, 6) is 1.32. The van der Waals surface area contributed by atoms with Crippen molar-refractivity contribution in [1.29, 1.82) is 0 Å². The SMILES string of the molecule is Cc1c([C@@H](C)Nc2nnc(C)c3cnc(N4C[C@H](C)O[C@@H](C)C4)cc23)cccc1C(F)(F)F. The fourth-order valence-corrected chi connectivity index (χ4v) is 4.52. The van der Waals surface area contributed by atoms with Gasteiger partial charge in [-0.3, -0.25) is 0 Å². The number of rotatable bonds is 4. The predicted molar refractivity (Wildman–Crippen MR) is 123 cm³/mol. The maximum atomic E-state index is 13.4. The fraction of sp³-hybridized carbons (Fsp3) is 0.458. The topological polar surface area (TPSA) is 63.2 Å². The number of anilines is 2. The van der Waals surface area contributed by atoms with Crippen LogP contribution >= 0.6 is 0 Å². The zero-order valence-corrected chi connectivity index (χ0v) is 19.4. The fourth-order valence-electron chi connectivity index (χ4n) is 4.52. The summed E-state index contributed by atoms with van der Waals surface area (Å²) >= 11 is 0. The van der Waals surface area contributed by atoms with Gasteiger partial charge in [-0.25, -0.2) is 4.98 Å². The molecule has 1 fully saturated rings. The quantitative estimate of drug-likeness (QED) is 0.560. The van der Waals surface area contributed by atoms with E-state index in [1.165, 1.54) is 13.0 Å². The molecule has 1 N–H and O–H groups in total. The van der Waals surface area contributed by atoms with Crippen LogP contribution in [0.3, 0.4) is 0 Å². The number of halogens is 3. The highest BCUT2D eigenvalue weighted by atomic mass is 19.4. The molecule has 0 amide bonds. The van der Waals surface area contributed by atoms with E-state index in [2.05, 4.69) is 25.4 Å². The van der Waals surface area contributed by atoms with Gasteiger partial charge in [0.05, 0.1) is 29.5 Å². The molecule has 3 aromatic rings. The van der Waals surface area contributed by atoms with Gasteiger partial charge in [0.15, 0.2) is 5.82 Å². The molecule has 0 bridgehead atoms. The Labute approximate surface area is 191 Å². The highest BCUT2D eigenvalue weighted by Crippen LogP contribution is 2.36. The standard InChI is InChI=1S/C24H28F3N5O/c1-13-11-32(12-14(2)33-13)22-9-19-20(10-28-22)17(5)30-31-23(19)29-16(4)18-7-6-8-21(15(18)3)24(25,26)27/h6-10,13-14,16H,11-12H2,1-5H3,(H,29,31)/t13-,14-,16+/m0/s1. The molecule has 0 saturated carbocycles. The zero-order chi connectivity index (χ0) is 23.9. The van der Waals surface area contributed by atoms with Gasteiger partial charge in [0.25, 0.3) is 0 Å². The summed E-state index contributed by atoms with van der Waals surface area (Å²) in [6.45, 7) is 10.7. The van der Waals surface area contributed by atoms with Crippen molar-refractivity contribution >= 4 is 22.4 Å². The second-order valence-corrected chi connectivity index (χ2v) is 8.77. The lowest BCUT2D eigenvalue weighted by Gasteiger charge is -2.36. The van der Waals surface area contributed by atoms with Crippen LogP contribution in [-0.2, 0) is 10.9 Å². The van der Waals surface area contributed by atoms with E-state index >= 15 is 0 Å². The molecule has 4 rings (SSSR count). The Hall–Kier alpha value is -2.94. The first-order valence-corrected chi connectivity index (χ1v) is 11.0. The van der Waals surface area contributed by atoms with Crippen molar-refractivity contribution < 1.29 is 17.9 Å². The van der Waals surface area contributed by atoms with Gasteiger partial charge < -0.3 is 15.0 Å². The molecule has 1 aliphatic rings. The normalized spacial score (nSPS) is 20.2. The third-order valence-corrected chi connectivity index (χ3v) is 6.08. The Morgan fingerprint density at radius 2 is 1.79 bits per heavy atom. The largest absolute Gasteiger partial charge is 0.416 e. The summed E-state index contributed by atoms with van der Waals surface area (Å²) in [6.07, 6.45) is -2.44. The minimum absolute atomic E-state index is 0.0880. The van der Waals surface area contributed by atoms with Crippen LogP contribution in [-0.4, -0.2) is 40.5 Å². The molecule has 9 heteroatoms. The number of nitrogens with one attached hydrogen (secondary N) is 1. The Morgan fingerprint density at radius 1 is 1.09 bits per heavy atom. The molecule has 3 atom stereocenters. The van der Waals surface area contributed by atoms with Crippen LogP contribution in [0.15, 0.2) is 30.5 Å². The number of ether oxygens (including phenoxy) is 1. The maximum absolute atomic E-state index is 13.4. The van der Waals surface area contributed by atoms with E-state index in [0.29, 0.717) is 11.4 Å². The van der Waals surface area contributed by atoms with E-state index in [1.807, 2.05) is 33.8 Å². The van der Waals surface area contributed by atoms with E-state index in [4.69, 9.17) is 4.74 Å². The number of morpholine rings is 1. The summed E-state index contributed by atoms with van der Waals surface area (Å²) in [5.41, 5.74) is 0.871. The molecule has 0 unspecified atom stereocenters. The van der Waals surface area contributed by atoms with Gasteiger partial charge in [-0.05, 0) is 57.9 Å². The average Bonchev–Trinajstić information content (AvgIpc) is 2.74. The van der Waals surface area contributed by atoms with Crippen molar-refractivity contribution in [3.8, 4) is 0 Å². The van der Waals surface area contributed by atoms with Crippen molar-refractivity contribution in [3.63, 3.8) is 0 Å². The number of fused-ring (bicyclic) bond motifs is 1. The average molecular weight is 460 g/mol. The predicted octanol–water partition coefficient (Wildman–Crippen LogP) is 5.45. The summed E-state index contributed by atoms with van der Waals surface area (Å²) < 4.78 is 46.0. The van der Waals surface area contributed by atoms with Crippen LogP contribution in [0.1, 0.15) is 49.2 Å². The van der Waals surface area contributed by atoms with Crippen LogP contribution in [0.25, 0.3) is 10.8 Å². The molecular weight excluding hydrogens is 431 g/mol. The number of aryl methyl sites for hydroxylation is 1. The van der Waals surface area contributed by atoms with Gasteiger partial charge >= 0.3 is 6.18 Å². The van der Waals surface area contributed by atoms with Crippen LogP contribution in [0, 0.1) is 13.8 Å². The van der Waals surface area contributed by atoms with Crippen LogP contribution in [0.5, 0.6) is 0 Å². The number of aromatic nitrogens is 3. The smallest absolute Gasteiger partial charge is 0.372 e. The van der Waals surface area contributed by atoms with Crippen molar-refractivity contribution in [1.82, 2.24) is 15.2 Å². The van der Waals surface area contributed by atoms with Crippen LogP contribution in [0.2, 0.25) is 0 Å². The Kier molecular flexibility index (Phi) is 6.18. The molecule has 33 heavy (non-hydrogen) atoms. The van der Waals surface area contributed by atoms with E-state index < -0.39 is 17.8 Å². The summed E-state index contributed by atoms with van der Waals surface area (Å²) in [6, 6.07) is 5.80. The van der Waals surface area contributed by atoms with Crippen molar-refractivity contribution in [2.24, 2.45) is 0 Å². The molecule has 0 aliphatic carbocycles. The Balaban J connectivity index is 1.70. The van der Waals surface area contributed by atoms with Crippen molar-refractivity contribution in [3.05, 3.63) is 52.8 Å². The molecular formula is C24H28F3N5O. The first-order valence-electron chi connectivity index (χ1n) is 11.0. The summed E-state index contributed by atoms with van der Waals surface area (Å²) in [5, 5.41) is 13.5. The zero-order valence-electron chi connectivity index (χ0n) is 19.4. The molecule has 6 nitrogen and oxygen atoms in total. The lowest BCUT2D eigenvalue weighted by molar-refractivity contribution is -0.138.